The number of aryl methyl sites for hydroxylation is 3. The van der Waals surface area contributed by atoms with E-state index in [1.165, 1.54) is 27.6 Å². The summed E-state index contributed by atoms with van der Waals surface area (Å²) in [6, 6.07) is 20.5. The maximum atomic E-state index is 13.0. The molecular weight excluding hydrogens is 390 g/mol. The SMILES string of the molecule is Cn1c(=O)c2c(nc(C[NH+](C)Cc3ccccc3)n2CCc2ccccc2)n(C)c1=O. The van der Waals surface area contributed by atoms with Crippen LogP contribution in [0.3, 0.4) is 0 Å². The van der Waals surface area contributed by atoms with E-state index in [0.717, 1.165) is 23.4 Å². The second-order valence-corrected chi connectivity index (χ2v) is 8.09. The van der Waals surface area contributed by atoms with Gasteiger partial charge in [-0.25, -0.2) is 9.78 Å². The Morgan fingerprint density at radius 3 is 2.10 bits per heavy atom. The number of hydrogen-bond acceptors (Lipinski definition) is 3. The first kappa shape index (κ1) is 20.8. The van der Waals surface area contributed by atoms with Gasteiger partial charge in [-0.15, -0.1) is 0 Å². The van der Waals surface area contributed by atoms with E-state index in [2.05, 4.69) is 31.3 Å². The molecule has 2 aromatic carbocycles. The van der Waals surface area contributed by atoms with Crippen LogP contribution in [0.4, 0.5) is 0 Å². The normalized spacial score (nSPS) is 12.4. The summed E-state index contributed by atoms with van der Waals surface area (Å²) in [6.07, 6.45) is 0.781. The Bertz CT molecular complexity index is 1300. The maximum absolute atomic E-state index is 13.0. The van der Waals surface area contributed by atoms with Crippen molar-refractivity contribution in [1.29, 1.82) is 0 Å². The molecule has 0 radical (unpaired) electrons. The second-order valence-electron chi connectivity index (χ2n) is 8.09. The van der Waals surface area contributed by atoms with Gasteiger partial charge in [0.2, 0.25) is 0 Å². The van der Waals surface area contributed by atoms with Crippen molar-refractivity contribution in [2.75, 3.05) is 7.05 Å². The summed E-state index contributed by atoms with van der Waals surface area (Å²) in [7, 11) is 5.30. The highest BCUT2D eigenvalue weighted by Crippen LogP contribution is 2.13. The summed E-state index contributed by atoms with van der Waals surface area (Å²) >= 11 is 0. The summed E-state index contributed by atoms with van der Waals surface area (Å²) in [5, 5.41) is 0. The predicted molar refractivity (Wildman–Crippen MR) is 121 cm³/mol. The van der Waals surface area contributed by atoms with Crippen LogP contribution in [0.25, 0.3) is 11.2 Å². The molecule has 0 aliphatic rings. The lowest BCUT2D eigenvalue weighted by Gasteiger charge is -2.15. The molecule has 1 N–H and O–H groups in total. The minimum absolute atomic E-state index is 0.300. The standard InChI is InChI=1S/C24H27N5O2/c1-26(16-19-12-8-5-9-13-19)17-20-25-22-21(23(30)28(3)24(31)27(22)2)29(20)15-14-18-10-6-4-7-11-18/h4-13H,14-17H2,1-3H3/p+1. The summed E-state index contributed by atoms with van der Waals surface area (Å²) < 4.78 is 4.62. The van der Waals surface area contributed by atoms with Gasteiger partial charge in [-0.05, 0) is 12.0 Å². The third-order valence-electron chi connectivity index (χ3n) is 5.70. The van der Waals surface area contributed by atoms with Crippen LogP contribution in [-0.2, 0) is 40.2 Å². The molecule has 0 saturated carbocycles. The van der Waals surface area contributed by atoms with Crippen molar-refractivity contribution >= 4 is 11.2 Å². The van der Waals surface area contributed by atoms with E-state index >= 15 is 0 Å². The van der Waals surface area contributed by atoms with Crippen LogP contribution in [0, 0.1) is 0 Å². The van der Waals surface area contributed by atoms with Crippen molar-refractivity contribution in [2.45, 2.75) is 26.1 Å². The van der Waals surface area contributed by atoms with Crippen molar-refractivity contribution in [3.8, 4) is 0 Å². The molecule has 2 heterocycles. The van der Waals surface area contributed by atoms with Gasteiger partial charge in [0.25, 0.3) is 5.56 Å². The Balaban J connectivity index is 1.74. The molecule has 160 valence electrons. The lowest BCUT2D eigenvalue weighted by Crippen LogP contribution is -3.06. The quantitative estimate of drug-likeness (QED) is 0.485. The van der Waals surface area contributed by atoms with Gasteiger partial charge in [-0.1, -0.05) is 60.7 Å². The Hall–Kier alpha value is -3.45. The number of imidazole rings is 1. The number of quaternary nitrogens is 1. The van der Waals surface area contributed by atoms with Crippen molar-refractivity contribution in [1.82, 2.24) is 18.7 Å². The lowest BCUT2D eigenvalue weighted by molar-refractivity contribution is -0.908. The molecule has 7 nitrogen and oxygen atoms in total. The molecule has 2 aromatic heterocycles. The Kier molecular flexibility index (Phi) is 5.86. The van der Waals surface area contributed by atoms with Crippen LogP contribution < -0.4 is 16.1 Å². The van der Waals surface area contributed by atoms with Gasteiger partial charge in [0.05, 0.1) is 7.05 Å². The van der Waals surface area contributed by atoms with Crippen molar-refractivity contribution in [3.63, 3.8) is 0 Å². The molecule has 1 atom stereocenters. The third-order valence-corrected chi connectivity index (χ3v) is 5.70. The number of rotatable bonds is 7. The van der Waals surface area contributed by atoms with Crippen LogP contribution >= 0.6 is 0 Å². The molecule has 31 heavy (non-hydrogen) atoms. The van der Waals surface area contributed by atoms with Crippen LogP contribution in [-0.4, -0.2) is 25.7 Å². The van der Waals surface area contributed by atoms with E-state index in [0.29, 0.717) is 24.3 Å². The maximum Gasteiger partial charge on any atom is 0.332 e. The summed E-state index contributed by atoms with van der Waals surface area (Å²) in [5.41, 5.74) is 2.72. The fourth-order valence-electron chi connectivity index (χ4n) is 4.03. The number of hydrogen-bond donors (Lipinski definition) is 1. The zero-order valence-electron chi connectivity index (χ0n) is 18.2. The van der Waals surface area contributed by atoms with Crippen molar-refractivity contribution in [3.05, 3.63) is 98.5 Å². The largest absolute Gasteiger partial charge is 0.332 e. The first-order valence-corrected chi connectivity index (χ1v) is 10.5. The van der Waals surface area contributed by atoms with E-state index in [1.807, 2.05) is 41.0 Å². The van der Waals surface area contributed by atoms with E-state index in [-0.39, 0.29) is 11.2 Å². The summed E-state index contributed by atoms with van der Waals surface area (Å²) in [6.45, 7) is 2.12. The molecule has 0 fully saturated rings. The molecule has 4 rings (SSSR count). The van der Waals surface area contributed by atoms with Gasteiger partial charge >= 0.3 is 5.69 Å². The second kappa shape index (κ2) is 8.73. The van der Waals surface area contributed by atoms with E-state index in [1.54, 1.807) is 7.05 Å². The van der Waals surface area contributed by atoms with Gasteiger partial charge < -0.3 is 9.47 Å². The van der Waals surface area contributed by atoms with Gasteiger partial charge in [0, 0.05) is 26.2 Å². The highest BCUT2D eigenvalue weighted by Gasteiger charge is 2.21. The van der Waals surface area contributed by atoms with E-state index in [4.69, 9.17) is 4.98 Å². The average Bonchev–Trinajstić information content (AvgIpc) is 3.14. The monoisotopic (exact) mass is 418 g/mol. The highest BCUT2D eigenvalue weighted by atomic mass is 16.2. The molecular formula is C24H28N5O2+. The third kappa shape index (κ3) is 4.22. The van der Waals surface area contributed by atoms with Gasteiger partial charge in [0.1, 0.15) is 13.1 Å². The fourth-order valence-corrected chi connectivity index (χ4v) is 4.03. The Labute approximate surface area is 180 Å². The zero-order chi connectivity index (χ0) is 22.0. The number of fused-ring (bicyclic) bond motifs is 1. The number of nitrogens with one attached hydrogen (secondary N) is 1. The fraction of sp³-hybridized carbons (Fsp3) is 0.292. The van der Waals surface area contributed by atoms with E-state index < -0.39 is 0 Å². The van der Waals surface area contributed by atoms with Crippen LogP contribution in [0.2, 0.25) is 0 Å². The van der Waals surface area contributed by atoms with Crippen LogP contribution in [0.1, 0.15) is 17.0 Å². The molecule has 1 unspecified atom stereocenters. The number of benzene rings is 2. The minimum Gasteiger partial charge on any atom is -0.327 e. The van der Waals surface area contributed by atoms with Gasteiger partial charge in [-0.3, -0.25) is 13.9 Å². The Morgan fingerprint density at radius 2 is 1.45 bits per heavy atom. The van der Waals surface area contributed by atoms with Gasteiger partial charge in [-0.2, -0.15) is 0 Å². The molecule has 0 spiro atoms. The van der Waals surface area contributed by atoms with E-state index in [9.17, 15) is 9.59 Å². The topological polar surface area (TPSA) is 66.3 Å². The molecule has 7 heteroatoms. The summed E-state index contributed by atoms with van der Waals surface area (Å²) in [5.74, 6) is 0.817. The molecule has 0 aliphatic heterocycles. The number of nitrogens with zero attached hydrogens (tertiary/aromatic N) is 4. The van der Waals surface area contributed by atoms with Crippen molar-refractivity contribution < 1.29 is 4.90 Å². The van der Waals surface area contributed by atoms with Crippen molar-refractivity contribution in [2.24, 2.45) is 14.1 Å². The molecule has 0 saturated heterocycles. The molecule has 0 bridgehead atoms. The molecule has 0 aliphatic carbocycles. The summed E-state index contributed by atoms with van der Waals surface area (Å²) in [4.78, 5) is 31.5. The highest BCUT2D eigenvalue weighted by molar-refractivity contribution is 5.71. The van der Waals surface area contributed by atoms with Crippen LogP contribution in [0.15, 0.2) is 70.3 Å². The molecule has 0 amide bonds. The average molecular weight is 419 g/mol. The lowest BCUT2D eigenvalue weighted by atomic mass is 10.1. The molecule has 4 aromatic rings. The first-order chi connectivity index (χ1) is 15.0. The number of aromatic nitrogens is 4. The minimum atomic E-state index is -0.359. The first-order valence-electron chi connectivity index (χ1n) is 10.5. The smallest absolute Gasteiger partial charge is 0.327 e. The predicted octanol–water partition coefficient (Wildman–Crippen LogP) is 0.891. The van der Waals surface area contributed by atoms with Gasteiger partial charge in [0.15, 0.2) is 17.0 Å². The Morgan fingerprint density at radius 1 is 0.839 bits per heavy atom. The zero-order valence-corrected chi connectivity index (χ0v) is 18.2. The van der Waals surface area contributed by atoms with Crippen LogP contribution in [0.5, 0.6) is 0 Å².